The summed E-state index contributed by atoms with van der Waals surface area (Å²) in [6.45, 7) is 0.591. The van der Waals surface area contributed by atoms with Crippen LogP contribution in [0.4, 0.5) is 4.79 Å². The van der Waals surface area contributed by atoms with Crippen LogP contribution < -0.4 is 10.6 Å². The van der Waals surface area contributed by atoms with E-state index in [4.69, 9.17) is 5.11 Å². The summed E-state index contributed by atoms with van der Waals surface area (Å²) in [6, 6.07) is -0.233. The molecule has 2 atom stereocenters. The highest BCUT2D eigenvalue weighted by molar-refractivity contribution is 5.85. The van der Waals surface area contributed by atoms with Crippen LogP contribution in [0.15, 0.2) is 12.2 Å². The average Bonchev–Trinajstić information content (AvgIpc) is 2.42. The van der Waals surface area contributed by atoms with E-state index in [1.165, 1.54) is 4.90 Å². The monoisotopic (exact) mass is 283 g/mol. The lowest BCUT2D eigenvalue weighted by Crippen LogP contribution is -2.43. The molecule has 0 bridgehead atoms. The summed E-state index contributed by atoms with van der Waals surface area (Å²) in [6.07, 6.45) is 4.44. The smallest absolute Gasteiger partial charge is 0.316 e. The van der Waals surface area contributed by atoms with Crippen LogP contribution in [0.25, 0.3) is 0 Å². The number of carboxylic acids is 1. The van der Waals surface area contributed by atoms with Crippen LogP contribution in [0.1, 0.15) is 12.8 Å². The molecule has 0 aromatic rings. The van der Waals surface area contributed by atoms with Crippen molar-refractivity contribution in [2.24, 2.45) is 11.8 Å². The van der Waals surface area contributed by atoms with E-state index < -0.39 is 17.8 Å². The number of carbonyl (C=O) groups is 3. The summed E-state index contributed by atoms with van der Waals surface area (Å²) in [5.41, 5.74) is 0. The average molecular weight is 283 g/mol. The maximum atomic E-state index is 12.0. The standard InChI is InChI=1S/C13H21N3O4/c1-16(2)13(20)15-8-7-14-11(17)9-5-3-4-6-10(9)12(18)19/h3-4,9-10H,5-8H2,1-2H3,(H,14,17)(H,15,20)(H,18,19)/t9-,10+/m1/s1. The minimum atomic E-state index is -0.949. The highest BCUT2D eigenvalue weighted by Crippen LogP contribution is 2.25. The normalized spacial score (nSPS) is 21.1. The largest absolute Gasteiger partial charge is 0.481 e. The number of amides is 3. The van der Waals surface area contributed by atoms with E-state index in [1.807, 2.05) is 6.08 Å². The summed E-state index contributed by atoms with van der Waals surface area (Å²) in [4.78, 5) is 35.7. The number of nitrogens with one attached hydrogen (secondary N) is 2. The fourth-order valence-electron chi connectivity index (χ4n) is 2.02. The van der Waals surface area contributed by atoms with Gasteiger partial charge in [0, 0.05) is 27.2 Å². The van der Waals surface area contributed by atoms with E-state index in [0.29, 0.717) is 19.4 Å². The Morgan fingerprint density at radius 1 is 1.10 bits per heavy atom. The van der Waals surface area contributed by atoms with E-state index >= 15 is 0 Å². The molecule has 0 saturated carbocycles. The van der Waals surface area contributed by atoms with Crippen molar-refractivity contribution in [3.05, 3.63) is 12.2 Å². The number of carbonyl (C=O) groups excluding carboxylic acids is 2. The zero-order valence-electron chi connectivity index (χ0n) is 11.8. The van der Waals surface area contributed by atoms with Gasteiger partial charge in [-0.05, 0) is 12.8 Å². The number of hydrogen-bond acceptors (Lipinski definition) is 3. The zero-order valence-corrected chi connectivity index (χ0v) is 11.8. The Balaban J connectivity index is 2.36. The third kappa shape index (κ3) is 4.56. The SMILES string of the molecule is CN(C)C(=O)NCCNC(=O)[C@@H]1CC=CC[C@@H]1C(=O)O. The molecule has 1 rings (SSSR count). The molecule has 0 spiro atoms. The van der Waals surface area contributed by atoms with Gasteiger partial charge >= 0.3 is 12.0 Å². The summed E-state index contributed by atoms with van der Waals surface area (Å²) >= 11 is 0. The van der Waals surface area contributed by atoms with Gasteiger partial charge in [0.15, 0.2) is 0 Å². The molecule has 0 saturated heterocycles. The molecule has 7 heteroatoms. The second kappa shape index (κ2) is 7.52. The van der Waals surface area contributed by atoms with Gasteiger partial charge in [0.1, 0.15) is 0 Å². The van der Waals surface area contributed by atoms with Gasteiger partial charge in [-0.25, -0.2) is 4.79 Å². The molecule has 0 aliphatic heterocycles. The Morgan fingerprint density at radius 2 is 1.65 bits per heavy atom. The number of urea groups is 1. The number of nitrogens with zero attached hydrogens (tertiary/aromatic N) is 1. The zero-order chi connectivity index (χ0) is 15.1. The first-order chi connectivity index (χ1) is 9.43. The number of allylic oxidation sites excluding steroid dienone is 2. The van der Waals surface area contributed by atoms with E-state index in [9.17, 15) is 14.4 Å². The van der Waals surface area contributed by atoms with Crippen LogP contribution in [0.3, 0.4) is 0 Å². The summed E-state index contributed by atoms with van der Waals surface area (Å²) < 4.78 is 0. The van der Waals surface area contributed by atoms with E-state index in [0.717, 1.165) is 0 Å². The molecule has 0 aromatic carbocycles. The Labute approximate surface area is 118 Å². The molecule has 3 amide bonds. The van der Waals surface area contributed by atoms with Crippen LogP contribution in [0.2, 0.25) is 0 Å². The molecule has 0 fully saturated rings. The van der Waals surface area contributed by atoms with E-state index in [-0.39, 0.29) is 18.5 Å². The molecule has 0 unspecified atom stereocenters. The maximum absolute atomic E-state index is 12.0. The first kappa shape index (κ1) is 16.0. The van der Waals surface area contributed by atoms with Gasteiger partial charge in [-0.2, -0.15) is 0 Å². The molecular formula is C13H21N3O4. The predicted octanol–water partition coefficient (Wildman–Crippen LogP) is 0.0408. The van der Waals surface area contributed by atoms with Crippen molar-refractivity contribution in [2.75, 3.05) is 27.2 Å². The second-order valence-corrected chi connectivity index (χ2v) is 4.91. The van der Waals surface area contributed by atoms with Gasteiger partial charge in [-0.3, -0.25) is 9.59 Å². The lowest BCUT2D eigenvalue weighted by molar-refractivity contribution is -0.147. The van der Waals surface area contributed by atoms with Crippen molar-refractivity contribution in [3.63, 3.8) is 0 Å². The third-order valence-corrected chi connectivity index (χ3v) is 3.19. The third-order valence-electron chi connectivity index (χ3n) is 3.19. The molecule has 0 aromatic heterocycles. The Morgan fingerprint density at radius 3 is 2.20 bits per heavy atom. The first-order valence-electron chi connectivity index (χ1n) is 6.54. The highest BCUT2D eigenvalue weighted by atomic mass is 16.4. The van der Waals surface area contributed by atoms with Crippen LogP contribution in [-0.2, 0) is 9.59 Å². The molecule has 3 N–H and O–H groups in total. The van der Waals surface area contributed by atoms with E-state index in [1.54, 1.807) is 20.2 Å². The van der Waals surface area contributed by atoms with Gasteiger partial charge in [-0.1, -0.05) is 12.2 Å². The summed E-state index contributed by atoms with van der Waals surface area (Å²) in [7, 11) is 3.25. The van der Waals surface area contributed by atoms with Gasteiger partial charge in [0.2, 0.25) is 5.91 Å². The molecule has 20 heavy (non-hydrogen) atoms. The maximum Gasteiger partial charge on any atom is 0.316 e. The quantitative estimate of drug-likeness (QED) is 0.490. The Bertz CT molecular complexity index is 406. The number of rotatable bonds is 5. The lowest BCUT2D eigenvalue weighted by atomic mass is 9.82. The second-order valence-electron chi connectivity index (χ2n) is 4.91. The molecule has 0 radical (unpaired) electrons. The van der Waals surface area contributed by atoms with Gasteiger partial charge in [-0.15, -0.1) is 0 Å². The Kier molecular flexibility index (Phi) is 6.02. The van der Waals surface area contributed by atoms with Crippen LogP contribution in [0.5, 0.6) is 0 Å². The number of carboxylic acid groups (broad SMARTS) is 1. The first-order valence-corrected chi connectivity index (χ1v) is 6.54. The molecular weight excluding hydrogens is 262 g/mol. The highest BCUT2D eigenvalue weighted by Gasteiger charge is 2.33. The number of aliphatic carboxylic acids is 1. The fraction of sp³-hybridized carbons (Fsp3) is 0.615. The molecule has 1 aliphatic rings. The summed E-state index contributed by atoms with van der Waals surface area (Å²) in [5, 5.41) is 14.4. The molecule has 112 valence electrons. The Hall–Kier alpha value is -2.05. The molecule has 7 nitrogen and oxygen atoms in total. The van der Waals surface area contributed by atoms with Crippen molar-refractivity contribution >= 4 is 17.9 Å². The van der Waals surface area contributed by atoms with Crippen molar-refractivity contribution < 1.29 is 19.5 Å². The molecule has 0 heterocycles. The predicted molar refractivity (Wildman–Crippen MR) is 73.1 cm³/mol. The van der Waals surface area contributed by atoms with Crippen molar-refractivity contribution in [1.82, 2.24) is 15.5 Å². The number of hydrogen-bond donors (Lipinski definition) is 3. The van der Waals surface area contributed by atoms with Crippen molar-refractivity contribution in [2.45, 2.75) is 12.8 Å². The van der Waals surface area contributed by atoms with Gasteiger partial charge in [0.05, 0.1) is 11.8 Å². The van der Waals surface area contributed by atoms with E-state index in [2.05, 4.69) is 10.6 Å². The van der Waals surface area contributed by atoms with Crippen LogP contribution in [0, 0.1) is 11.8 Å². The van der Waals surface area contributed by atoms with Gasteiger partial charge < -0.3 is 20.6 Å². The summed E-state index contributed by atoms with van der Waals surface area (Å²) in [5.74, 6) is -2.44. The van der Waals surface area contributed by atoms with Gasteiger partial charge in [0.25, 0.3) is 0 Å². The van der Waals surface area contributed by atoms with Crippen molar-refractivity contribution in [3.8, 4) is 0 Å². The fourth-order valence-corrected chi connectivity index (χ4v) is 2.02. The topological polar surface area (TPSA) is 98.7 Å². The minimum Gasteiger partial charge on any atom is -0.481 e. The van der Waals surface area contributed by atoms with Crippen LogP contribution >= 0.6 is 0 Å². The molecule has 1 aliphatic carbocycles. The minimum absolute atomic E-state index is 0.233. The van der Waals surface area contributed by atoms with Crippen molar-refractivity contribution in [1.29, 1.82) is 0 Å². The van der Waals surface area contributed by atoms with Crippen LogP contribution in [-0.4, -0.2) is 55.1 Å². The lowest BCUT2D eigenvalue weighted by Gasteiger charge is -2.24.